The largest absolute Gasteiger partial charge is 0.508 e. The van der Waals surface area contributed by atoms with Crippen molar-refractivity contribution < 1.29 is 5.11 Å². The van der Waals surface area contributed by atoms with Crippen molar-refractivity contribution in [3.8, 4) is 5.75 Å². The fourth-order valence-corrected chi connectivity index (χ4v) is 3.42. The van der Waals surface area contributed by atoms with Gasteiger partial charge >= 0.3 is 0 Å². The molecule has 0 unspecified atom stereocenters. The topological polar surface area (TPSA) is 35.5 Å². The van der Waals surface area contributed by atoms with Gasteiger partial charge in [0.1, 0.15) is 5.75 Å². The first kappa shape index (κ1) is 12.0. The maximum Gasteiger partial charge on any atom is 0.115 e. The van der Waals surface area contributed by atoms with Crippen molar-refractivity contribution in [1.82, 2.24) is 10.2 Å². The summed E-state index contributed by atoms with van der Waals surface area (Å²) in [6.07, 6.45) is 5.41. The molecule has 98 valence electrons. The Hall–Kier alpha value is -1.06. The van der Waals surface area contributed by atoms with Crippen molar-refractivity contribution >= 4 is 0 Å². The van der Waals surface area contributed by atoms with Gasteiger partial charge in [0, 0.05) is 31.7 Å². The monoisotopic (exact) mass is 246 g/mol. The summed E-state index contributed by atoms with van der Waals surface area (Å²) in [5, 5.41) is 13.0. The average molecular weight is 246 g/mol. The number of phenolic OH excluding ortho intramolecular Hbond substituents is 1. The summed E-state index contributed by atoms with van der Waals surface area (Å²) in [5.74, 6) is 0.353. The van der Waals surface area contributed by atoms with Crippen molar-refractivity contribution in [2.75, 3.05) is 19.6 Å². The summed E-state index contributed by atoms with van der Waals surface area (Å²) in [7, 11) is 0. The SMILES string of the molecule is Oc1ccc(CN2CCNC3(CCCC3)C2)cc1. The number of nitrogens with one attached hydrogen (secondary N) is 1. The number of phenols is 1. The predicted molar refractivity (Wildman–Crippen MR) is 72.6 cm³/mol. The summed E-state index contributed by atoms with van der Waals surface area (Å²) < 4.78 is 0. The van der Waals surface area contributed by atoms with Gasteiger partial charge in [0.25, 0.3) is 0 Å². The van der Waals surface area contributed by atoms with E-state index in [1.54, 1.807) is 12.1 Å². The van der Waals surface area contributed by atoms with Gasteiger partial charge in [-0.1, -0.05) is 25.0 Å². The molecule has 0 amide bonds. The maximum absolute atomic E-state index is 9.31. The van der Waals surface area contributed by atoms with Gasteiger partial charge in [-0.2, -0.15) is 0 Å². The van der Waals surface area contributed by atoms with Crippen LogP contribution in [0, 0.1) is 0 Å². The van der Waals surface area contributed by atoms with Crippen LogP contribution in [0.4, 0.5) is 0 Å². The molecule has 1 aliphatic heterocycles. The number of hydrogen-bond acceptors (Lipinski definition) is 3. The highest BCUT2D eigenvalue weighted by Crippen LogP contribution is 2.32. The number of aromatic hydroxyl groups is 1. The van der Waals surface area contributed by atoms with Crippen LogP contribution in [0.1, 0.15) is 31.2 Å². The second-order valence-corrected chi connectivity index (χ2v) is 5.79. The first-order valence-electron chi connectivity index (χ1n) is 7.01. The molecule has 0 atom stereocenters. The highest BCUT2D eigenvalue weighted by Gasteiger charge is 2.37. The van der Waals surface area contributed by atoms with Crippen LogP contribution in [0.15, 0.2) is 24.3 Å². The number of nitrogens with zero attached hydrogens (tertiary/aromatic N) is 1. The highest BCUT2D eigenvalue weighted by atomic mass is 16.3. The Bertz CT molecular complexity index is 395. The van der Waals surface area contributed by atoms with E-state index in [-0.39, 0.29) is 0 Å². The lowest BCUT2D eigenvalue weighted by atomic mass is 9.94. The minimum atomic E-state index is 0.353. The molecule has 1 spiro atoms. The fraction of sp³-hybridized carbons (Fsp3) is 0.600. The third-order valence-electron chi connectivity index (χ3n) is 4.36. The molecule has 2 fully saturated rings. The number of piperazine rings is 1. The molecule has 1 saturated heterocycles. The number of hydrogen-bond donors (Lipinski definition) is 2. The quantitative estimate of drug-likeness (QED) is 0.839. The predicted octanol–water partition coefficient (Wildman–Crippen LogP) is 2.11. The van der Waals surface area contributed by atoms with Crippen LogP contribution >= 0.6 is 0 Å². The zero-order valence-electron chi connectivity index (χ0n) is 10.9. The fourth-order valence-electron chi connectivity index (χ4n) is 3.42. The van der Waals surface area contributed by atoms with Crippen molar-refractivity contribution in [3.05, 3.63) is 29.8 Å². The first-order valence-corrected chi connectivity index (χ1v) is 7.01. The van der Waals surface area contributed by atoms with E-state index < -0.39 is 0 Å². The van der Waals surface area contributed by atoms with Crippen LogP contribution < -0.4 is 5.32 Å². The molecule has 1 aromatic rings. The normalized spacial score (nSPS) is 23.6. The van der Waals surface area contributed by atoms with E-state index in [2.05, 4.69) is 10.2 Å². The number of rotatable bonds is 2. The lowest BCUT2D eigenvalue weighted by Crippen LogP contribution is -2.58. The second kappa shape index (κ2) is 4.90. The lowest BCUT2D eigenvalue weighted by Gasteiger charge is -2.41. The molecule has 1 saturated carbocycles. The molecule has 1 aromatic carbocycles. The molecule has 2 N–H and O–H groups in total. The minimum Gasteiger partial charge on any atom is -0.508 e. The Morgan fingerprint density at radius 1 is 1.17 bits per heavy atom. The van der Waals surface area contributed by atoms with Crippen LogP contribution in [0.25, 0.3) is 0 Å². The Morgan fingerprint density at radius 3 is 2.61 bits per heavy atom. The second-order valence-electron chi connectivity index (χ2n) is 5.79. The van der Waals surface area contributed by atoms with Crippen LogP contribution in [-0.4, -0.2) is 35.2 Å². The smallest absolute Gasteiger partial charge is 0.115 e. The summed E-state index contributed by atoms with van der Waals surface area (Å²) in [6.45, 7) is 4.41. The van der Waals surface area contributed by atoms with Gasteiger partial charge in [0.2, 0.25) is 0 Å². The summed E-state index contributed by atoms with van der Waals surface area (Å²) in [6, 6.07) is 7.61. The third-order valence-corrected chi connectivity index (χ3v) is 4.36. The Balaban J connectivity index is 1.64. The van der Waals surface area contributed by atoms with Gasteiger partial charge in [-0.3, -0.25) is 4.90 Å². The molecule has 0 aromatic heterocycles. The van der Waals surface area contributed by atoms with Gasteiger partial charge in [-0.25, -0.2) is 0 Å². The average Bonchev–Trinajstić information content (AvgIpc) is 2.80. The Morgan fingerprint density at radius 2 is 1.89 bits per heavy atom. The molecule has 3 nitrogen and oxygen atoms in total. The maximum atomic E-state index is 9.31. The summed E-state index contributed by atoms with van der Waals surface area (Å²) in [5.41, 5.74) is 1.69. The first-order chi connectivity index (χ1) is 8.76. The summed E-state index contributed by atoms with van der Waals surface area (Å²) in [4.78, 5) is 2.55. The Kier molecular flexibility index (Phi) is 3.27. The van der Waals surface area contributed by atoms with Crippen LogP contribution in [-0.2, 0) is 6.54 Å². The molecule has 1 aliphatic carbocycles. The molecular formula is C15H22N2O. The molecule has 2 aliphatic rings. The van der Waals surface area contributed by atoms with E-state index in [9.17, 15) is 5.11 Å². The van der Waals surface area contributed by atoms with Crippen LogP contribution in [0.3, 0.4) is 0 Å². The molecular weight excluding hydrogens is 224 g/mol. The molecule has 18 heavy (non-hydrogen) atoms. The minimum absolute atomic E-state index is 0.353. The third kappa shape index (κ3) is 2.52. The van der Waals surface area contributed by atoms with Gasteiger partial charge in [0.15, 0.2) is 0 Å². The zero-order chi connectivity index (χ0) is 12.4. The molecule has 3 heteroatoms. The summed E-state index contributed by atoms with van der Waals surface area (Å²) >= 11 is 0. The zero-order valence-corrected chi connectivity index (χ0v) is 10.9. The van der Waals surface area contributed by atoms with Gasteiger partial charge in [0.05, 0.1) is 0 Å². The Labute approximate surface area is 109 Å². The van der Waals surface area contributed by atoms with E-state index >= 15 is 0 Å². The van der Waals surface area contributed by atoms with Gasteiger partial charge in [-0.05, 0) is 30.5 Å². The van der Waals surface area contributed by atoms with E-state index in [1.807, 2.05) is 12.1 Å². The van der Waals surface area contributed by atoms with E-state index in [0.29, 0.717) is 11.3 Å². The van der Waals surface area contributed by atoms with Gasteiger partial charge < -0.3 is 10.4 Å². The van der Waals surface area contributed by atoms with Crippen LogP contribution in [0.5, 0.6) is 5.75 Å². The molecule has 1 heterocycles. The molecule has 0 radical (unpaired) electrons. The van der Waals surface area contributed by atoms with Crippen molar-refractivity contribution in [1.29, 1.82) is 0 Å². The number of benzene rings is 1. The van der Waals surface area contributed by atoms with Gasteiger partial charge in [-0.15, -0.1) is 0 Å². The lowest BCUT2D eigenvalue weighted by molar-refractivity contribution is 0.129. The van der Waals surface area contributed by atoms with Crippen molar-refractivity contribution in [3.63, 3.8) is 0 Å². The van der Waals surface area contributed by atoms with E-state index in [0.717, 1.165) is 19.6 Å². The standard InChI is InChI=1S/C15H22N2O/c18-14-5-3-13(4-6-14)11-17-10-9-16-15(12-17)7-1-2-8-15/h3-6,16,18H,1-2,7-12H2. The van der Waals surface area contributed by atoms with Crippen LogP contribution in [0.2, 0.25) is 0 Å². The van der Waals surface area contributed by atoms with E-state index in [1.165, 1.54) is 37.8 Å². The highest BCUT2D eigenvalue weighted by molar-refractivity contribution is 5.25. The van der Waals surface area contributed by atoms with Crippen molar-refractivity contribution in [2.24, 2.45) is 0 Å². The molecule has 3 rings (SSSR count). The van der Waals surface area contributed by atoms with E-state index in [4.69, 9.17) is 0 Å². The van der Waals surface area contributed by atoms with Crippen molar-refractivity contribution in [2.45, 2.75) is 37.8 Å². The molecule has 0 bridgehead atoms.